The number of halogens is 6. The third-order valence-electron chi connectivity index (χ3n) is 8.25. The van der Waals surface area contributed by atoms with E-state index in [2.05, 4.69) is 21.3 Å². The molecule has 0 bridgehead atoms. The number of carbonyl (C=O) groups excluding carboxylic acids is 6. The van der Waals surface area contributed by atoms with Gasteiger partial charge in [-0.2, -0.15) is 0 Å². The van der Waals surface area contributed by atoms with Crippen LogP contribution in [0, 0.1) is 21.4 Å². The summed E-state index contributed by atoms with van der Waals surface area (Å²) in [5, 5.41) is 78.2. The largest absolute Gasteiger partial charge is 0.395 e. The van der Waals surface area contributed by atoms with Crippen LogP contribution in [0.5, 0.6) is 0 Å². The highest BCUT2D eigenvalue weighted by Crippen LogP contribution is 2.40. The molecule has 4 unspecified atom stereocenters. The minimum absolute atomic E-state index is 0.00727. The van der Waals surface area contributed by atoms with E-state index < -0.39 is 99.3 Å². The molecular formula is C34H42I6N6O14. The van der Waals surface area contributed by atoms with Crippen molar-refractivity contribution in [2.75, 3.05) is 90.6 Å². The monoisotopic (exact) mass is 1520 g/mol. The summed E-state index contributed by atoms with van der Waals surface area (Å²) in [6, 6.07) is -1.72. The molecule has 0 heterocycles. The first-order valence-electron chi connectivity index (χ1n) is 17.2. The zero-order valence-corrected chi connectivity index (χ0v) is 44.8. The quantitative estimate of drug-likeness (QED) is 0.0394. The number of Topliss-reactive ketones (excluding diaryl/α,β-unsaturated/α-hetero) is 1. The number of methoxy groups -OCH3 is 1. The van der Waals surface area contributed by atoms with Gasteiger partial charge in [-0.15, -0.1) is 0 Å². The highest BCUT2D eigenvalue weighted by molar-refractivity contribution is 14.1. The van der Waals surface area contributed by atoms with E-state index in [0.717, 1.165) is 9.80 Å². The van der Waals surface area contributed by atoms with Crippen LogP contribution >= 0.6 is 136 Å². The summed E-state index contributed by atoms with van der Waals surface area (Å²) in [5.74, 6) is -4.77. The number of carbonyl (C=O) groups is 6. The molecule has 334 valence electrons. The first-order chi connectivity index (χ1) is 28.2. The van der Waals surface area contributed by atoms with Crippen molar-refractivity contribution < 1.29 is 69.2 Å². The molecule has 0 spiro atoms. The maximum Gasteiger partial charge on any atom is 0.256 e. The van der Waals surface area contributed by atoms with Gasteiger partial charge in [0.05, 0.1) is 83.5 Å². The van der Waals surface area contributed by atoms with E-state index in [4.69, 9.17) is 4.74 Å². The second kappa shape index (κ2) is 26.4. The summed E-state index contributed by atoms with van der Waals surface area (Å²) in [6.45, 7) is -4.36. The number of amides is 5. The van der Waals surface area contributed by atoms with Crippen molar-refractivity contribution in [3.05, 3.63) is 43.7 Å². The van der Waals surface area contributed by atoms with Gasteiger partial charge in [0, 0.05) is 56.6 Å². The number of aliphatic hydroxyl groups excluding tert-OH is 7. The molecular weight excluding hydrogens is 1480 g/mol. The number of ether oxygens (including phenoxy) is 1. The predicted molar refractivity (Wildman–Crippen MR) is 267 cm³/mol. The average molecular weight is 1520 g/mol. The maximum absolute atomic E-state index is 14.8. The molecule has 11 N–H and O–H groups in total. The first-order valence-corrected chi connectivity index (χ1v) is 23.7. The Kier molecular flexibility index (Phi) is 24.5. The van der Waals surface area contributed by atoms with Gasteiger partial charge in [-0.25, -0.2) is 0 Å². The van der Waals surface area contributed by atoms with E-state index in [1.165, 1.54) is 21.2 Å². The van der Waals surface area contributed by atoms with E-state index in [9.17, 15) is 64.5 Å². The molecule has 5 amide bonds. The van der Waals surface area contributed by atoms with Crippen LogP contribution in [0.4, 0.5) is 11.4 Å². The lowest BCUT2D eigenvalue weighted by molar-refractivity contribution is -0.120. The Balaban J connectivity index is 2.93. The Morgan fingerprint density at radius 1 is 0.683 bits per heavy atom. The van der Waals surface area contributed by atoms with E-state index in [-0.39, 0.29) is 74.7 Å². The second-order valence-corrected chi connectivity index (χ2v) is 18.9. The molecule has 0 saturated carbocycles. The number of rotatable bonds is 22. The number of ketones is 1. The van der Waals surface area contributed by atoms with E-state index in [1.807, 2.05) is 22.6 Å². The van der Waals surface area contributed by atoms with Crippen LogP contribution in [-0.4, -0.2) is 181 Å². The van der Waals surface area contributed by atoms with Crippen molar-refractivity contribution in [1.82, 2.24) is 20.9 Å². The fraction of sp³-hybridized carbons (Fsp3) is 0.471. The maximum atomic E-state index is 14.8. The summed E-state index contributed by atoms with van der Waals surface area (Å²) in [4.78, 5) is 85.8. The Hall–Kier alpha value is -0.520. The number of nitrogens with one attached hydrogen (secondary N) is 4. The third-order valence-corrected chi connectivity index (χ3v) is 14.7. The number of anilines is 2. The van der Waals surface area contributed by atoms with E-state index >= 15 is 0 Å². The lowest BCUT2D eigenvalue weighted by Crippen LogP contribution is -2.50. The molecule has 2 rings (SSSR count). The van der Waals surface area contributed by atoms with Crippen LogP contribution in [0.3, 0.4) is 0 Å². The molecule has 0 aliphatic rings. The van der Waals surface area contributed by atoms with Gasteiger partial charge < -0.3 is 71.5 Å². The normalized spacial score (nSPS) is 13.2. The van der Waals surface area contributed by atoms with Gasteiger partial charge in [0.2, 0.25) is 5.91 Å². The van der Waals surface area contributed by atoms with Gasteiger partial charge in [-0.1, -0.05) is 0 Å². The Bertz CT molecular complexity index is 1890. The van der Waals surface area contributed by atoms with Crippen molar-refractivity contribution in [1.29, 1.82) is 0 Å². The molecule has 60 heavy (non-hydrogen) atoms. The number of hydrogen-bond donors (Lipinski definition) is 11. The fourth-order valence-electron chi connectivity index (χ4n) is 5.24. The van der Waals surface area contributed by atoms with E-state index in [1.54, 1.807) is 113 Å². The molecule has 4 atom stereocenters. The number of hydrogen-bond acceptors (Lipinski definition) is 15. The van der Waals surface area contributed by atoms with Gasteiger partial charge >= 0.3 is 0 Å². The molecule has 20 nitrogen and oxygen atoms in total. The summed E-state index contributed by atoms with van der Waals surface area (Å²) < 4.78 is 5.72. The molecule has 0 fully saturated rings. The molecule has 2 aromatic rings. The van der Waals surface area contributed by atoms with Crippen molar-refractivity contribution >= 4 is 182 Å². The standard InChI is InChI=1S/C34H42I6N6O14/c1-41-28(30(55)17-21(35)20(33(58)46(4-5-47)8-15(53)11-50)24(38)27(23(17)37)44-16(54)12-60-3)34(59)45(2)29-25(39)18(31(56)42-6-13(51)9-48)22(36)19(26(29)40)32(57)43-7-14(52)10-49/h13-15,28,41,47-53H,4-12H2,1-3H3,(H,42,56)(H,43,57)(H,44,54). The Labute approximate surface area is 425 Å². The molecule has 0 radical (unpaired) electrons. The zero-order valence-electron chi connectivity index (χ0n) is 31.8. The van der Waals surface area contributed by atoms with Crippen LogP contribution in [0.2, 0.25) is 0 Å². The van der Waals surface area contributed by atoms with E-state index in [0.29, 0.717) is 0 Å². The number of benzene rings is 2. The van der Waals surface area contributed by atoms with Gasteiger partial charge in [0.15, 0.2) is 11.8 Å². The summed E-state index contributed by atoms with van der Waals surface area (Å²) in [5.41, 5.74) is -0.454. The van der Waals surface area contributed by atoms with Gasteiger partial charge in [0.1, 0.15) is 6.61 Å². The summed E-state index contributed by atoms with van der Waals surface area (Å²) >= 11 is 10.8. The number of nitrogens with zero attached hydrogens (tertiary/aromatic N) is 2. The minimum Gasteiger partial charge on any atom is -0.395 e. The van der Waals surface area contributed by atoms with Gasteiger partial charge in [-0.05, 0) is 143 Å². The van der Waals surface area contributed by atoms with Crippen LogP contribution in [0.25, 0.3) is 0 Å². The zero-order chi connectivity index (χ0) is 45.8. The predicted octanol–water partition coefficient (Wildman–Crippen LogP) is -0.713. The Morgan fingerprint density at radius 2 is 1.15 bits per heavy atom. The third kappa shape index (κ3) is 13.7. The van der Waals surface area contributed by atoms with Crippen LogP contribution in [-0.2, 0) is 14.3 Å². The lowest BCUT2D eigenvalue weighted by atomic mass is 9.98. The first kappa shape index (κ1) is 55.6. The minimum atomic E-state index is -1.72. The van der Waals surface area contributed by atoms with Crippen molar-refractivity contribution in [2.24, 2.45) is 0 Å². The smallest absolute Gasteiger partial charge is 0.256 e. The van der Waals surface area contributed by atoms with Crippen LogP contribution in [0.1, 0.15) is 41.4 Å². The SMILES string of the molecule is CNC(C(=O)c1c(I)c(NC(=O)COC)c(I)c(C(=O)N(CCO)CC(O)CO)c1I)C(=O)N(C)c1c(I)c(C(=O)NCC(O)CO)c(I)c(C(=O)NCC(O)CO)c1I. The number of likely N-dealkylation sites (N-methyl/N-ethyl adjacent to an activating group) is 2. The molecule has 0 aliphatic heterocycles. The van der Waals surface area contributed by atoms with Crippen LogP contribution < -0.4 is 26.2 Å². The summed E-state index contributed by atoms with van der Waals surface area (Å²) in [7, 11) is 3.92. The molecule has 26 heteroatoms. The van der Waals surface area contributed by atoms with Gasteiger partial charge in [0.25, 0.3) is 23.6 Å². The van der Waals surface area contributed by atoms with Crippen LogP contribution in [0.15, 0.2) is 0 Å². The molecule has 0 aliphatic carbocycles. The molecule has 0 saturated heterocycles. The highest BCUT2D eigenvalue weighted by Gasteiger charge is 2.39. The lowest BCUT2D eigenvalue weighted by Gasteiger charge is -2.29. The van der Waals surface area contributed by atoms with Crippen molar-refractivity contribution in [3.63, 3.8) is 0 Å². The van der Waals surface area contributed by atoms with Crippen molar-refractivity contribution in [2.45, 2.75) is 24.4 Å². The van der Waals surface area contributed by atoms with Crippen molar-refractivity contribution in [3.8, 4) is 0 Å². The summed E-state index contributed by atoms with van der Waals surface area (Å²) in [6.07, 6.45) is -4.01. The fourth-order valence-corrected chi connectivity index (χ4v) is 14.5. The topological polar surface area (TPSA) is 308 Å². The molecule has 0 aromatic heterocycles. The van der Waals surface area contributed by atoms with Gasteiger partial charge in [-0.3, -0.25) is 28.8 Å². The highest BCUT2D eigenvalue weighted by atomic mass is 127. The average Bonchev–Trinajstić information content (AvgIpc) is 3.20. The Morgan fingerprint density at radius 3 is 1.58 bits per heavy atom. The number of aliphatic hydroxyl groups is 7. The second-order valence-electron chi connectivity index (χ2n) is 12.5. The molecule has 2 aromatic carbocycles.